The summed E-state index contributed by atoms with van der Waals surface area (Å²) in [5.74, 6) is 1.10. The Hall–Kier alpha value is -1.27. The highest BCUT2D eigenvalue weighted by molar-refractivity contribution is 7.89. The minimum absolute atomic E-state index is 0.0293. The molecular formula is C16H21NO4S. The molecule has 0 aromatic heterocycles. The van der Waals surface area contributed by atoms with Gasteiger partial charge < -0.3 is 9.47 Å². The Morgan fingerprint density at radius 1 is 1.14 bits per heavy atom. The van der Waals surface area contributed by atoms with Crippen molar-refractivity contribution in [3.63, 3.8) is 0 Å². The van der Waals surface area contributed by atoms with Crippen molar-refractivity contribution in [1.29, 1.82) is 0 Å². The van der Waals surface area contributed by atoms with Crippen molar-refractivity contribution in [2.45, 2.75) is 48.5 Å². The number of methoxy groups -OCH3 is 2. The fourth-order valence-electron chi connectivity index (χ4n) is 4.72. The third-order valence-electron chi connectivity index (χ3n) is 5.72. The molecule has 4 rings (SSSR count). The lowest BCUT2D eigenvalue weighted by atomic mass is 9.66. The molecule has 3 aliphatic rings. The molecule has 5 nitrogen and oxygen atoms in total. The minimum Gasteiger partial charge on any atom is -0.493 e. The molecule has 1 aromatic rings. The van der Waals surface area contributed by atoms with Crippen molar-refractivity contribution in [1.82, 2.24) is 4.31 Å². The van der Waals surface area contributed by atoms with Gasteiger partial charge in [0.05, 0.1) is 19.1 Å². The van der Waals surface area contributed by atoms with Crippen LogP contribution in [0.4, 0.5) is 0 Å². The molecule has 1 saturated carbocycles. The molecule has 22 heavy (non-hydrogen) atoms. The summed E-state index contributed by atoms with van der Waals surface area (Å²) >= 11 is 0. The summed E-state index contributed by atoms with van der Waals surface area (Å²) in [6.07, 6.45) is 5.22. The molecule has 120 valence electrons. The standard InChI is InChI=1S/C16H21NO4S/c1-20-12-9-11-14(10-13(12)21-2)22(18,19)17-8-7-16(11)6-4-3-5-15(16)17/h9-10,15H,3-8H2,1-2H3/t15-,16-/m0/s1. The molecule has 0 spiro atoms. The molecule has 2 heterocycles. The zero-order valence-corrected chi connectivity index (χ0v) is 13.8. The fraction of sp³-hybridized carbons (Fsp3) is 0.625. The first-order chi connectivity index (χ1) is 10.5. The van der Waals surface area contributed by atoms with Gasteiger partial charge in [0.2, 0.25) is 10.0 Å². The molecule has 2 aliphatic heterocycles. The molecule has 2 fully saturated rings. The van der Waals surface area contributed by atoms with Gasteiger partial charge in [0, 0.05) is 24.1 Å². The molecular weight excluding hydrogens is 302 g/mol. The van der Waals surface area contributed by atoms with Crippen LogP contribution in [-0.2, 0) is 15.4 Å². The Balaban J connectivity index is 2.02. The molecule has 0 radical (unpaired) electrons. The van der Waals surface area contributed by atoms with Crippen molar-refractivity contribution < 1.29 is 17.9 Å². The highest BCUT2D eigenvalue weighted by Gasteiger charge is 2.58. The second kappa shape index (κ2) is 4.61. The first kappa shape index (κ1) is 14.3. The first-order valence-corrected chi connectivity index (χ1v) is 9.27. The van der Waals surface area contributed by atoms with Gasteiger partial charge in [-0.1, -0.05) is 12.8 Å². The zero-order chi connectivity index (χ0) is 15.5. The second-order valence-corrected chi connectivity index (χ2v) is 8.35. The summed E-state index contributed by atoms with van der Waals surface area (Å²) in [4.78, 5) is 0.417. The van der Waals surface area contributed by atoms with E-state index in [-0.39, 0.29) is 11.5 Å². The Morgan fingerprint density at radius 2 is 1.86 bits per heavy atom. The summed E-state index contributed by atoms with van der Waals surface area (Å²) < 4.78 is 38.5. The average molecular weight is 323 g/mol. The van der Waals surface area contributed by atoms with Gasteiger partial charge in [-0.05, 0) is 30.9 Å². The van der Waals surface area contributed by atoms with E-state index in [0.717, 1.165) is 37.7 Å². The van der Waals surface area contributed by atoms with Gasteiger partial charge in [-0.25, -0.2) is 8.42 Å². The molecule has 6 heteroatoms. The molecule has 0 amide bonds. The van der Waals surface area contributed by atoms with Crippen molar-refractivity contribution in [2.75, 3.05) is 20.8 Å². The van der Waals surface area contributed by atoms with E-state index in [4.69, 9.17) is 9.47 Å². The normalized spacial score (nSPS) is 34.6. The Morgan fingerprint density at radius 3 is 2.59 bits per heavy atom. The van der Waals surface area contributed by atoms with Gasteiger partial charge in [-0.15, -0.1) is 0 Å². The second-order valence-electron chi connectivity index (χ2n) is 6.49. The highest BCUT2D eigenvalue weighted by Crippen LogP contribution is 2.57. The zero-order valence-electron chi connectivity index (χ0n) is 13.0. The van der Waals surface area contributed by atoms with E-state index in [2.05, 4.69) is 0 Å². The molecule has 1 aliphatic carbocycles. The highest BCUT2D eigenvalue weighted by atomic mass is 32.2. The van der Waals surface area contributed by atoms with E-state index >= 15 is 0 Å². The van der Waals surface area contributed by atoms with Crippen LogP contribution in [0.2, 0.25) is 0 Å². The van der Waals surface area contributed by atoms with Gasteiger partial charge in [0.1, 0.15) is 0 Å². The minimum atomic E-state index is -3.43. The number of benzene rings is 1. The van der Waals surface area contributed by atoms with Crippen LogP contribution >= 0.6 is 0 Å². The lowest BCUT2D eigenvalue weighted by Gasteiger charge is -2.46. The number of fused-ring (bicyclic) bond motifs is 1. The summed E-state index contributed by atoms with van der Waals surface area (Å²) in [5, 5.41) is 0. The van der Waals surface area contributed by atoms with Gasteiger partial charge in [-0.3, -0.25) is 0 Å². The number of sulfonamides is 1. The van der Waals surface area contributed by atoms with E-state index in [0.29, 0.717) is 22.9 Å². The third-order valence-corrected chi connectivity index (χ3v) is 7.67. The maximum atomic E-state index is 13.0. The number of rotatable bonds is 2. The number of hydrogen-bond acceptors (Lipinski definition) is 4. The first-order valence-electron chi connectivity index (χ1n) is 7.83. The van der Waals surface area contributed by atoms with E-state index < -0.39 is 10.0 Å². The topological polar surface area (TPSA) is 55.8 Å². The average Bonchev–Trinajstić information content (AvgIpc) is 2.90. The van der Waals surface area contributed by atoms with Crippen LogP contribution in [0.3, 0.4) is 0 Å². The summed E-state index contributed by atoms with van der Waals surface area (Å²) in [6, 6.07) is 3.68. The number of nitrogens with zero attached hydrogens (tertiary/aromatic N) is 1. The van der Waals surface area contributed by atoms with Crippen molar-refractivity contribution >= 4 is 10.0 Å². The van der Waals surface area contributed by atoms with E-state index in [9.17, 15) is 8.42 Å². The largest absolute Gasteiger partial charge is 0.493 e. The van der Waals surface area contributed by atoms with E-state index in [1.54, 1.807) is 17.5 Å². The fourth-order valence-corrected chi connectivity index (χ4v) is 6.75. The monoisotopic (exact) mass is 323 g/mol. The number of ether oxygens (including phenoxy) is 2. The van der Waals surface area contributed by atoms with Crippen LogP contribution in [0, 0.1) is 0 Å². The molecule has 1 saturated heterocycles. The quantitative estimate of drug-likeness (QED) is 0.838. The van der Waals surface area contributed by atoms with Crippen LogP contribution in [0.25, 0.3) is 0 Å². The summed E-state index contributed by atoms with van der Waals surface area (Å²) in [6.45, 7) is 0.631. The van der Waals surface area contributed by atoms with Crippen LogP contribution in [-0.4, -0.2) is 39.5 Å². The Kier molecular flexibility index (Phi) is 3.01. The predicted molar refractivity (Wildman–Crippen MR) is 82.0 cm³/mol. The van der Waals surface area contributed by atoms with Crippen LogP contribution in [0.1, 0.15) is 37.7 Å². The van der Waals surface area contributed by atoms with Gasteiger partial charge in [0.15, 0.2) is 11.5 Å². The molecule has 1 aromatic carbocycles. The summed E-state index contributed by atoms with van der Waals surface area (Å²) in [7, 11) is -0.293. The van der Waals surface area contributed by atoms with Crippen molar-refractivity contribution in [2.24, 2.45) is 0 Å². The van der Waals surface area contributed by atoms with Gasteiger partial charge >= 0.3 is 0 Å². The van der Waals surface area contributed by atoms with E-state index in [1.807, 2.05) is 6.07 Å². The maximum absolute atomic E-state index is 13.0. The van der Waals surface area contributed by atoms with Crippen LogP contribution in [0.5, 0.6) is 11.5 Å². The lowest BCUT2D eigenvalue weighted by Crippen LogP contribution is -2.51. The predicted octanol–water partition coefficient (Wildman–Crippen LogP) is 2.29. The molecule has 3 atom stereocenters. The van der Waals surface area contributed by atoms with Gasteiger partial charge in [0.25, 0.3) is 0 Å². The van der Waals surface area contributed by atoms with Crippen LogP contribution < -0.4 is 9.47 Å². The lowest BCUT2D eigenvalue weighted by molar-refractivity contribution is 0.204. The third kappa shape index (κ3) is 1.60. The maximum Gasteiger partial charge on any atom is 0.243 e. The van der Waals surface area contributed by atoms with Crippen molar-refractivity contribution in [3.05, 3.63) is 17.7 Å². The van der Waals surface area contributed by atoms with E-state index in [1.165, 1.54) is 7.11 Å². The molecule has 2 bridgehead atoms. The Labute approximate surface area is 131 Å². The van der Waals surface area contributed by atoms with Crippen molar-refractivity contribution in [3.8, 4) is 11.5 Å². The van der Waals surface area contributed by atoms with Crippen LogP contribution in [0.15, 0.2) is 17.0 Å². The Bertz CT molecular complexity index is 730. The van der Waals surface area contributed by atoms with Gasteiger partial charge in [-0.2, -0.15) is 4.31 Å². The number of hydrogen-bond donors (Lipinski definition) is 0. The molecule has 0 N–H and O–H groups in total. The SMILES string of the molecule is COc1cc2c(cc1OC)S(=O)(=O)N1CC[C@@]23CCCC[C@H]13. The smallest absolute Gasteiger partial charge is 0.243 e. The molecule has 1 unspecified atom stereocenters. The summed E-state index contributed by atoms with van der Waals surface area (Å²) in [5.41, 5.74) is 0.918.